The minimum absolute atomic E-state index is 0.0363. The number of aryl methyl sites for hydroxylation is 3. The van der Waals surface area contributed by atoms with Crippen LogP contribution in [0, 0.1) is 0 Å². The molecule has 0 spiro atoms. The number of aromatic nitrogens is 2. The highest BCUT2D eigenvalue weighted by atomic mass is 32.1. The summed E-state index contributed by atoms with van der Waals surface area (Å²) in [7, 11) is 1.38. The lowest BCUT2D eigenvalue weighted by molar-refractivity contribution is -0.132. The average molecular weight is 490 g/mol. The largest absolute Gasteiger partial charge is 0.493 e. The molecule has 0 radical (unpaired) electrons. The number of rotatable bonds is 9. The molecule has 0 unspecified atom stereocenters. The Hall–Kier alpha value is -3.01. The number of alkyl halides is 2. The number of nitrogens with zero attached hydrogens (tertiary/aromatic N) is 2. The lowest BCUT2D eigenvalue weighted by Gasteiger charge is -2.23. The molecule has 0 aliphatic heterocycles. The number of aromatic amines is 1. The van der Waals surface area contributed by atoms with Crippen molar-refractivity contribution in [1.82, 2.24) is 14.9 Å². The van der Waals surface area contributed by atoms with E-state index in [4.69, 9.17) is 4.74 Å². The molecule has 5 rings (SSSR count). The third kappa shape index (κ3) is 4.64. The van der Waals surface area contributed by atoms with E-state index in [2.05, 4.69) is 14.7 Å². The number of ether oxygens (including phenoxy) is 2. The predicted octanol–water partition coefficient (Wildman–Crippen LogP) is 4.21. The quantitative estimate of drug-likeness (QED) is 0.487. The molecule has 2 aliphatic carbocycles. The van der Waals surface area contributed by atoms with Crippen molar-refractivity contribution in [2.75, 3.05) is 7.11 Å². The van der Waals surface area contributed by atoms with Crippen LogP contribution < -0.4 is 15.0 Å². The summed E-state index contributed by atoms with van der Waals surface area (Å²) in [6.45, 7) is -2.60. The molecule has 1 saturated carbocycles. The van der Waals surface area contributed by atoms with E-state index < -0.39 is 6.61 Å². The zero-order chi connectivity index (χ0) is 23.8. The molecule has 2 aliphatic rings. The molecular formula is C24H25F2N3O4S. The van der Waals surface area contributed by atoms with Gasteiger partial charge in [0.1, 0.15) is 10.7 Å². The van der Waals surface area contributed by atoms with Gasteiger partial charge in [0, 0.05) is 30.3 Å². The Kier molecular flexibility index (Phi) is 6.24. The Bertz CT molecular complexity index is 1290. The number of amides is 1. The van der Waals surface area contributed by atoms with Crippen LogP contribution in [0.15, 0.2) is 23.0 Å². The van der Waals surface area contributed by atoms with Crippen LogP contribution in [-0.2, 0) is 30.6 Å². The third-order valence-electron chi connectivity index (χ3n) is 6.30. The van der Waals surface area contributed by atoms with Gasteiger partial charge in [-0.05, 0) is 55.4 Å². The molecule has 2 heterocycles. The molecule has 10 heteroatoms. The van der Waals surface area contributed by atoms with Crippen LogP contribution in [0.1, 0.15) is 47.5 Å². The van der Waals surface area contributed by atoms with Gasteiger partial charge in [0.15, 0.2) is 11.5 Å². The minimum atomic E-state index is -2.95. The van der Waals surface area contributed by atoms with Gasteiger partial charge in [-0.2, -0.15) is 8.78 Å². The summed E-state index contributed by atoms with van der Waals surface area (Å²) < 4.78 is 34.8. The Morgan fingerprint density at radius 3 is 2.85 bits per heavy atom. The van der Waals surface area contributed by atoms with Crippen molar-refractivity contribution in [3.8, 4) is 11.5 Å². The van der Waals surface area contributed by atoms with Crippen molar-refractivity contribution < 1.29 is 23.0 Å². The predicted molar refractivity (Wildman–Crippen MR) is 124 cm³/mol. The maximum absolute atomic E-state index is 13.1. The van der Waals surface area contributed by atoms with Gasteiger partial charge in [0.2, 0.25) is 5.91 Å². The highest BCUT2D eigenvalue weighted by Crippen LogP contribution is 2.35. The molecule has 2 aromatic heterocycles. The van der Waals surface area contributed by atoms with Crippen molar-refractivity contribution in [1.29, 1.82) is 0 Å². The van der Waals surface area contributed by atoms with Gasteiger partial charge in [-0.3, -0.25) is 9.59 Å². The van der Waals surface area contributed by atoms with Crippen molar-refractivity contribution in [3.63, 3.8) is 0 Å². The maximum atomic E-state index is 13.1. The minimum Gasteiger partial charge on any atom is -0.493 e. The van der Waals surface area contributed by atoms with Gasteiger partial charge in [-0.25, -0.2) is 4.98 Å². The van der Waals surface area contributed by atoms with E-state index in [1.165, 1.54) is 18.1 Å². The fourth-order valence-electron chi connectivity index (χ4n) is 4.54. The van der Waals surface area contributed by atoms with Gasteiger partial charge in [0.25, 0.3) is 5.56 Å². The van der Waals surface area contributed by atoms with E-state index >= 15 is 0 Å². The van der Waals surface area contributed by atoms with Crippen molar-refractivity contribution in [2.45, 2.75) is 64.1 Å². The highest BCUT2D eigenvalue weighted by Gasteiger charge is 2.32. The zero-order valence-corrected chi connectivity index (χ0v) is 19.6. The topological polar surface area (TPSA) is 84.5 Å². The van der Waals surface area contributed by atoms with E-state index in [1.807, 2.05) is 0 Å². The molecule has 7 nitrogen and oxygen atoms in total. The van der Waals surface area contributed by atoms with Crippen LogP contribution in [0.2, 0.25) is 0 Å². The number of nitrogens with one attached hydrogen (secondary N) is 1. The summed E-state index contributed by atoms with van der Waals surface area (Å²) in [5.74, 6) is 0.636. The molecule has 180 valence electrons. The van der Waals surface area contributed by atoms with E-state index in [9.17, 15) is 18.4 Å². The zero-order valence-electron chi connectivity index (χ0n) is 18.7. The number of H-pyrrole nitrogens is 1. The van der Waals surface area contributed by atoms with E-state index in [0.717, 1.165) is 48.1 Å². The first kappa shape index (κ1) is 22.8. The molecule has 0 bridgehead atoms. The number of halogens is 2. The molecule has 1 amide bonds. The van der Waals surface area contributed by atoms with E-state index in [1.54, 1.807) is 28.4 Å². The van der Waals surface area contributed by atoms with E-state index in [-0.39, 0.29) is 35.4 Å². The molecule has 1 fully saturated rings. The molecule has 3 aromatic rings. The Labute approximate surface area is 198 Å². The van der Waals surface area contributed by atoms with E-state index in [0.29, 0.717) is 24.2 Å². The van der Waals surface area contributed by atoms with Gasteiger partial charge < -0.3 is 19.4 Å². The Morgan fingerprint density at radius 1 is 1.29 bits per heavy atom. The fourth-order valence-corrected chi connectivity index (χ4v) is 5.82. The van der Waals surface area contributed by atoms with Crippen LogP contribution in [0.5, 0.6) is 11.5 Å². The summed E-state index contributed by atoms with van der Waals surface area (Å²) in [5.41, 5.74) is 1.78. The second-order valence-corrected chi connectivity index (χ2v) is 9.75. The number of carbonyl (C=O) groups excluding carboxylic acids is 1. The molecule has 34 heavy (non-hydrogen) atoms. The summed E-state index contributed by atoms with van der Waals surface area (Å²) in [4.78, 5) is 37.1. The highest BCUT2D eigenvalue weighted by molar-refractivity contribution is 7.18. The first-order valence-electron chi connectivity index (χ1n) is 11.4. The molecule has 0 saturated heterocycles. The number of methoxy groups -OCH3 is 1. The van der Waals surface area contributed by atoms with Gasteiger partial charge in [-0.1, -0.05) is 6.07 Å². The maximum Gasteiger partial charge on any atom is 0.387 e. The normalized spacial score (nSPS) is 15.1. The summed E-state index contributed by atoms with van der Waals surface area (Å²) >= 11 is 1.58. The van der Waals surface area contributed by atoms with Gasteiger partial charge >= 0.3 is 6.61 Å². The molecular weight excluding hydrogens is 464 g/mol. The molecule has 1 N–H and O–H groups in total. The van der Waals surface area contributed by atoms with Crippen LogP contribution in [-0.4, -0.2) is 40.5 Å². The van der Waals surface area contributed by atoms with Crippen LogP contribution >= 0.6 is 11.3 Å². The van der Waals surface area contributed by atoms with Crippen LogP contribution in [0.4, 0.5) is 8.78 Å². The van der Waals surface area contributed by atoms with Gasteiger partial charge in [-0.15, -0.1) is 11.3 Å². The average Bonchev–Trinajstić information content (AvgIpc) is 3.44. The number of fused-ring (bicyclic) bond motifs is 3. The van der Waals surface area contributed by atoms with Crippen LogP contribution in [0.25, 0.3) is 10.2 Å². The van der Waals surface area contributed by atoms with Crippen molar-refractivity contribution in [3.05, 3.63) is 50.4 Å². The number of carbonyl (C=O) groups is 1. The monoisotopic (exact) mass is 489 g/mol. The third-order valence-corrected chi connectivity index (χ3v) is 7.49. The van der Waals surface area contributed by atoms with Gasteiger partial charge in [0.05, 0.1) is 12.5 Å². The smallest absolute Gasteiger partial charge is 0.387 e. The summed E-state index contributed by atoms with van der Waals surface area (Å²) in [6, 6.07) is 4.86. The SMILES string of the molecule is COc1cc(CN(C(=O)CCc2nc3sc4c(c3c(=O)[nH]2)CCC4)C2CC2)ccc1OC(F)F. The fraction of sp³-hybridized carbons (Fsp3) is 0.458. The molecule has 1 aromatic carbocycles. The number of hydrogen-bond acceptors (Lipinski definition) is 6. The molecule has 0 atom stereocenters. The van der Waals surface area contributed by atoms with Crippen molar-refractivity contribution in [2.24, 2.45) is 0 Å². The van der Waals surface area contributed by atoms with Crippen LogP contribution in [0.3, 0.4) is 0 Å². The van der Waals surface area contributed by atoms with Crippen molar-refractivity contribution >= 4 is 27.5 Å². The Balaban J connectivity index is 1.28. The lowest BCUT2D eigenvalue weighted by atomic mass is 10.1. The first-order chi connectivity index (χ1) is 16.4. The second-order valence-electron chi connectivity index (χ2n) is 8.67. The number of benzene rings is 1. The Morgan fingerprint density at radius 2 is 2.12 bits per heavy atom. The first-order valence-corrected chi connectivity index (χ1v) is 12.2. The lowest BCUT2D eigenvalue weighted by Crippen LogP contribution is -2.33. The summed E-state index contributed by atoms with van der Waals surface area (Å²) in [5, 5.41) is 0.709. The number of hydrogen-bond donors (Lipinski definition) is 1. The number of thiophene rings is 1. The summed E-state index contributed by atoms with van der Waals surface area (Å²) in [6.07, 6.45) is 5.43. The standard InChI is InChI=1S/C24H25F2N3O4S/c1-32-17-11-13(5-8-16(17)33-24(25)26)12-29(14-6-7-14)20(30)10-9-19-27-22(31)21-15-3-2-4-18(15)34-23(21)28-19/h5,8,11,14,24H,2-4,6-7,9-10,12H2,1H3,(H,27,28,31). The second kappa shape index (κ2) is 9.32.